The van der Waals surface area contributed by atoms with E-state index in [4.69, 9.17) is 9.47 Å². The van der Waals surface area contributed by atoms with Gasteiger partial charge in [-0.25, -0.2) is 0 Å². The van der Waals surface area contributed by atoms with Crippen molar-refractivity contribution in [2.24, 2.45) is 4.99 Å². The van der Waals surface area contributed by atoms with Gasteiger partial charge in [0.05, 0.1) is 6.61 Å². The highest BCUT2D eigenvalue weighted by molar-refractivity contribution is 5.79. The van der Waals surface area contributed by atoms with E-state index >= 15 is 0 Å². The quantitative estimate of drug-likeness (QED) is 0.332. The molecule has 1 fully saturated rings. The number of hydrogen-bond acceptors (Lipinski definition) is 5. The molecule has 2 rings (SSSR count). The molecule has 1 heterocycles. The summed E-state index contributed by atoms with van der Waals surface area (Å²) in [6.45, 7) is 16.5. The Morgan fingerprint density at radius 2 is 1.83 bits per heavy atom. The van der Waals surface area contributed by atoms with Crippen LogP contribution in [0, 0.1) is 6.92 Å². The van der Waals surface area contributed by atoms with E-state index in [1.165, 1.54) is 18.7 Å². The third-order valence-corrected chi connectivity index (χ3v) is 5.21. The number of hydrogen-bond donors (Lipinski definition) is 2. The smallest absolute Gasteiger partial charge is 0.191 e. The second-order valence-corrected chi connectivity index (χ2v) is 7.29. The molecule has 0 unspecified atom stereocenters. The molecule has 29 heavy (non-hydrogen) atoms. The van der Waals surface area contributed by atoms with Crippen molar-refractivity contribution in [2.45, 2.75) is 27.3 Å². The number of piperazine rings is 1. The lowest BCUT2D eigenvalue weighted by atomic mass is 10.1. The van der Waals surface area contributed by atoms with Crippen LogP contribution in [0.3, 0.4) is 0 Å². The number of rotatable bonds is 11. The maximum atomic E-state index is 5.93. The van der Waals surface area contributed by atoms with E-state index in [0.717, 1.165) is 50.0 Å². The molecule has 0 aromatic heterocycles. The zero-order valence-electron chi connectivity index (χ0n) is 18.7. The zero-order valence-corrected chi connectivity index (χ0v) is 18.7. The molecule has 164 valence electrons. The second-order valence-electron chi connectivity index (χ2n) is 7.29. The van der Waals surface area contributed by atoms with Gasteiger partial charge in [-0.1, -0.05) is 19.1 Å². The van der Waals surface area contributed by atoms with Crippen LogP contribution in [-0.2, 0) is 11.3 Å². The Labute approximate surface area is 176 Å². The molecule has 1 aliphatic heterocycles. The summed E-state index contributed by atoms with van der Waals surface area (Å²) in [5.74, 6) is 1.72. The predicted octanol–water partition coefficient (Wildman–Crippen LogP) is 1.71. The van der Waals surface area contributed by atoms with E-state index in [9.17, 15) is 0 Å². The zero-order chi connectivity index (χ0) is 20.9. The lowest BCUT2D eigenvalue weighted by Gasteiger charge is -2.34. The van der Waals surface area contributed by atoms with Gasteiger partial charge in [-0.15, -0.1) is 0 Å². The van der Waals surface area contributed by atoms with Crippen LogP contribution in [0.15, 0.2) is 23.2 Å². The summed E-state index contributed by atoms with van der Waals surface area (Å²) < 4.78 is 11.3. The number of guanidine groups is 1. The van der Waals surface area contributed by atoms with Crippen LogP contribution in [0.2, 0.25) is 0 Å². The third-order valence-electron chi connectivity index (χ3n) is 5.21. The average Bonchev–Trinajstić information content (AvgIpc) is 2.75. The molecule has 0 aliphatic carbocycles. The molecule has 0 radical (unpaired) electrons. The van der Waals surface area contributed by atoms with Gasteiger partial charge in [0, 0.05) is 65.0 Å². The normalized spacial score (nSPS) is 16.1. The SMILES string of the molecule is CCOCCOc1cc(C)ccc1CNC(=NC)NCCN1CCN(CC)CC1. The Kier molecular flexibility index (Phi) is 10.8. The topological polar surface area (TPSA) is 61.4 Å². The maximum Gasteiger partial charge on any atom is 0.191 e. The van der Waals surface area contributed by atoms with Gasteiger partial charge in [-0.2, -0.15) is 0 Å². The third kappa shape index (κ3) is 8.60. The van der Waals surface area contributed by atoms with Gasteiger partial charge in [-0.3, -0.25) is 9.89 Å². The van der Waals surface area contributed by atoms with Gasteiger partial charge in [-0.05, 0) is 32.0 Å². The molecule has 0 spiro atoms. The van der Waals surface area contributed by atoms with Crippen LogP contribution >= 0.6 is 0 Å². The molecular formula is C22H39N5O2. The fourth-order valence-corrected chi connectivity index (χ4v) is 3.36. The Balaban J connectivity index is 1.75. The van der Waals surface area contributed by atoms with Crippen molar-refractivity contribution in [3.8, 4) is 5.75 Å². The number of benzene rings is 1. The van der Waals surface area contributed by atoms with Gasteiger partial charge >= 0.3 is 0 Å². The van der Waals surface area contributed by atoms with Gasteiger partial charge in [0.2, 0.25) is 0 Å². The van der Waals surface area contributed by atoms with Crippen LogP contribution in [-0.4, -0.2) is 88.4 Å². The molecule has 1 aromatic rings. The first kappa shape index (κ1) is 23.4. The van der Waals surface area contributed by atoms with Crippen LogP contribution in [0.5, 0.6) is 5.75 Å². The van der Waals surface area contributed by atoms with E-state index < -0.39 is 0 Å². The summed E-state index contributed by atoms with van der Waals surface area (Å²) in [5.41, 5.74) is 2.30. The van der Waals surface area contributed by atoms with E-state index in [1.807, 2.05) is 14.0 Å². The number of aryl methyl sites for hydroxylation is 1. The number of nitrogens with zero attached hydrogens (tertiary/aromatic N) is 3. The van der Waals surface area contributed by atoms with Crippen LogP contribution in [0.1, 0.15) is 25.0 Å². The summed E-state index contributed by atoms with van der Waals surface area (Å²) in [6.07, 6.45) is 0. The first-order valence-corrected chi connectivity index (χ1v) is 10.9. The minimum Gasteiger partial charge on any atom is -0.491 e. The summed E-state index contributed by atoms with van der Waals surface area (Å²) in [5, 5.41) is 6.83. The molecule has 2 N–H and O–H groups in total. The first-order chi connectivity index (χ1) is 14.2. The van der Waals surface area contributed by atoms with E-state index in [2.05, 4.69) is 57.5 Å². The van der Waals surface area contributed by atoms with Crippen molar-refractivity contribution in [1.82, 2.24) is 20.4 Å². The number of ether oxygens (including phenoxy) is 2. The highest BCUT2D eigenvalue weighted by Gasteiger charge is 2.14. The van der Waals surface area contributed by atoms with Crippen molar-refractivity contribution in [3.05, 3.63) is 29.3 Å². The minimum absolute atomic E-state index is 0.558. The largest absolute Gasteiger partial charge is 0.491 e. The number of likely N-dealkylation sites (N-methyl/N-ethyl adjacent to an activating group) is 1. The number of aliphatic imine (C=N–C) groups is 1. The summed E-state index contributed by atoms with van der Waals surface area (Å²) in [4.78, 5) is 9.36. The summed E-state index contributed by atoms with van der Waals surface area (Å²) >= 11 is 0. The Bertz CT molecular complexity index is 615. The Morgan fingerprint density at radius 1 is 1.07 bits per heavy atom. The molecule has 7 nitrogen and oxygen atoms in total. The van der Waals surface area contributed by atoms with Crippen molar-refractivity contribution >= 4 is 5.96 Å². The highest BCUT2D eigenvalue weighted by atomic mass is 16.5. The molecule has 0 atom stereocenters. The fraction of sp³-hybridized carbons (Fsp3) is 0.682. The molecule has 7 heteroatoms. The van der Waals surface area contributed by atoms with Crippen molar-refractivity contribution in [2.75, 3.05) is 72.7 Å². The Morgan fingerprint density at radius 3 is 2.52 bits per heavy atom. The van der Waals surface area contributed by atoms with Gasteiger partial charge in [0.15, 0.2) is 5.96 Å². The van der Waals surface area contributed by atoms with Crippen molar-refractivity contribution in [3.63, 3.8) is 0 Å². The highest BCUT2D eigenvalue weighted by Crippen LogP contribution is 2.20. The molecule has 1 aliphatic rings. The van der Waals surface area contributed by atoms with Gasteiger partial charge < -0.3 is 25.0 Å². The monoisotopic (exact) mass is 405 g/mol. The second kappa shape index (κ2) is 13.4. The summed E-state index contributed by atoms with van der Waals surface area (Å²) in [6, 6.07) is 6.30. The predicted molar refractivity (Wildman–Crippen MR) is 120 cm³/mol. The van der Waals surface area contributed by atoms with E-state index in [-0.39, 0.29) is 0 Å². The Hall–Kier alpha value is -1.83. The average molecular weight is 406 g/mol. The van der Waals surface area contributed by atoms with E-state index in [0.29, 0.717) is 26.4 Å². The lowest BCUT2D eigenvalue weighted by molar-refractivity contribution is 0.110. The number of nitrogens with one attached hydrogen (secondary N) is 2. The molecule has 0 saturated carbocycles. The van der Waals surface area contributed by atoms with Crippen LogP contribution in [0.25, 0.3) is 0 Å². The minimum atomic E-state index is 0.558. The lowest BCUT2D eigenvalue weighted by Crippen LogP contribution is -2.49. The molecular weight excluding hydrogens is 366 g/mol. The van der Waals surface area contributed by atoms with Crippen molar-refractivity contribution in [1.29, 1.82) is 0 Å². The molecule has 0 amide bonds. The van der Waals surface area contributed by atoms with E-state index in [1.54, 1.807) is 0 Å². The standard InChI is InChI=1S/C22H39N5O2/c1-5-26-11-13-27(14-12-26)10-9-24-22(23-4)25-18-20-8-7-19(3)17-21(20)29-16-15-28-6-2/h7-8,17H,5-6,9-16,18H2,1-4H3,(H2,23,24,25). The van der Waals surface area contributed by atoms with Crippen LogP contribution < -0.4 is 15.4 Å². The van der Waals surface area contributed by atoms with Crippen molar-refractivity contribution < 1.29 is 9.47 Å². The van der Waals surface area contributed by atoms with Crippen LogP contribution in [0.4, 0.5) is 0 Å². The molecule has 1 aromatic carbocycles. The maximum absolute atomic E-state index is 5.93. The van der Waals surface area contributed by atoms with Gasteiger partial charge in [0.1, 0.15) is 12.4 Å². The molecule has 1 saturated heterocycles. The fourth-order valence-electron chi connectivity index (χ4n) is 3.36. The van der Waals surface area contributed by atoms with Gasteiger partial charge in [0.25, 0.3) is 0 Å². The molecule has 0 bridgehead atoms. The first-order valence-electron chi connectivity index (χ1n) is 10.9. The summed E-state index contributed by atoms with van der Waals surface area (Å²) in [7, 11) is 1.81.